The van der Waals surface area contributed by atoms with Gasteiger partial charge >= 0.3 is 6.09 Å². The van der Waals surface area contributed by atoms with Crippen molar-refractivity contribution in [3.05, 3.63) is 30.2 Å². The zero-order valence-electron chi connectivity index (χ0n) is 13.3. The SMILES string of the molecule is COC(=O)N1CCCC(C(=O)C(C#N)c2nc3ccccc3o2)C1. The average Bonchev–Trinajstić information content (AvgIpc) is 3.05. The molecular formula is C17H17N3O4. The fourth-order valence-corrected chi connectivity index (χ4v) is 2.99. The number of fused-ring (bicyclic) bond motifs is 1. The molecule has 3 rings (SSSR count). The average molecular weight is 327 g/mol. The van der Waals surface area contributed by atoms with Crippen LogP contribution in [-0.4, -0.2) is 42.0 Å². The minimum Gasteiger partial charge on any atom is -0.453 e. The third kappa shape index (κ3) is 2.95. The lowest BCUT2D eigenvalue weighted by atomic mass is 9.87. The summed E-state index contributed by atoms with van der Waals surface area (Å²) in [6.07, 6.45) is 0.866. The number of oxazole rings is 1. The van der Waals surface area contributed by atoms with Crippen LogP contribution in [0.4, 0.5) is 4.79 Å². The summed E-state index contributed by atoms with van der Waals surface area (Å²) in [4.78, 5) is 30.2. The second-order valence-corrected chi connectivity index (χ2v) is 5.74. The molecule has 7 nitrogen and oxygen atoms in total. The van der Waals surface area contributed by atoms with Crippen LogP contribution in [0.1, 0.15) is 24.7 Å². The van der Waals surface area contributed by atoms with Gasteiger partial charge in [0.1, 0.15) is 5.52 Å². The highest BCUT2D eigenvalue weighted by Gasteiger charge is 2.35. The van der Waals surface area contributed by atoms with Crippen LogP contribution in [-0.2, 0) is 9.53 Å². The van der Waals surface area contributed by atoms with Crippen molar-refractivity contribution in [1.29, 1.82) is 5.26 Å². The number of rotatable bonds is 3. The van der Waals surface area contributed by atoms with Gasteiger partial charge in [0.15, 0.2) is 17.3 Å². The number of Topliss-reactive ketones (excluding diaryl/α,β-unsaturated/α-hetero) is 1. The molecule has 2 atom stereocenters. The van der Waals surface area contributed by atoms with E-state index in [1.54, 1.807) is 18.2 Å². The van der Waals surface area contributed by atoms with Crippen molar-refractivity contribution >= 4 is 23.0 Å². The zero-order valence-corrected chi connectivity index (χ0v) is 13.3. The monoisotopic (exact) mass is 327 g/mol. The van der Waals surface area contributed by atoms with Gasteiger partial charge in [0.2, 0.25) is 5.89 Å². The van der Waals surface area contributed by atoms with Gasteiger partial charge in [-0.2, -0.15) is 5.26 Å². The molecule has 0 radical (unpaired) electrons. The van der Waals surface area contributed by atoms with Crippen molar-refractivity contribution in [2.24, 2.45) is 5.92 Å². The van der Waals surface area contributed by atoms with Crippen molar-refractivity contribution < 1.29 is 18.7 Å². The molecule has 7 heteroatoms. The summed E-state index contributed by atoms with van der Waals surface area (Å²) in [5.74, 6) is -1.64. The van der Waals surface area contributed by atoms with E-state index in [1.807, 2.05) is 12.1 Å². The third-order valence-corrected chi connectivity index (χ3v) is 4.23. The number of para-hydroxylation sites is 2. The maximum Gasteiger partial charge on any atom is 0.409 e. The van der Waals surface area contributed by atoms with Gasteiger partial charge in [0.25, 0.3) is 0 Å². The number of piperidine rings is 1. The summed E-state index contributed by atoms with van der Waals surface area (Å²) < 4.78 is 10.3. The molecule has 2 heterocycles. The van der Waals surface area contributed by atoms with Gasteiger partial charge in [-0.25, -0.2) is 9.78 Å². The molecule has 0 N–H and O–H groups in total. The topological polar surface area (TPSA) is 96.4 Å². The second kappa shape index (κ2) is 6.71. The van der Waals surface area contributed by atoms with Crippen LogP contribution in [0, 0.1) is 17.2 Å². The number of carbonyl (C=O) groups excluding carboxylic acids is 2. The van der Waals surface area contributed by atoms with E-state index in [0.29, 0.717) is 30.5 Å². The van der Waals surface area contributed by atoms with Gasteiger partial charge in [-0.1, -0.05) is 12.1 Å². The summed E-state index contributed by atoms with van der Waals surface area (Å²) in [5, 5.41) is 9.45. The Morgan fingerprint density at radius 1 is 1.46 bits per heavy atom. The number of amides is 1. The van der Waals surface area contributed by atoms with Crippen LogP contribution < -0.4 is 0 Å². The number of nitrogens with zero attached hydrogens (tertiary/aromatic N) is 3. The summed E-state index contributed by atoms with van der Waals surface area (Å²) in [7, 11) is 1.31. The first-order valence-electron chi connectivity index (χ1n) is 7.75. The predicted molar refractivity (Wildman–Crippen MR) is 84.1 cm³/mol. The smallest absolute Gasteiger partial charge is 0.409 e. The fourth-order valence-electron chi connectivity index (χ4n) is 2.99. The van der Waals surface area contributed by atoms with Gasteiger partial charge in [-0.3, -0.25) is 4.79 Å². The molecule has 1 saturated heterocycles. The number of methoxy groups -OCH3 is 1. The van der Waals surface area contributed by atoms with Gasteiger partial charge in [0, 0.05) is 19.0 Å². The van der Waals surface area contributed by atoms with E-state index in [4.69, 9.17) is 9.15 Å². The number of hydrogen-bond donors (Lipinski definition) is 0. The maximum atomic E-state index is 12.8. The van der Waals surface area contributed by atoms with Gasteiger partial charge < -0.3 is 14.1 Å². The number of nitriles is 1. The lowest BCUT2D eigenvalue weighted by molar-refractivity contribution is -0.124. The van der Waals surface area contributed by atoms with E-state index in [0.717, 1.165) is 0 Å². The number of benzene rings is 1. The fraction of sp³-hybridized carbons (Fsp3) is 0.412. The summed E-state index contributed by atoms with van der Waals surface area (Å²) in [5.41, 5.74) is 1.15. The van der Waals surface area contributed by atoms with Crippen LogP contribution in [0.15, 0.2) is 28.7 Å². The molecule has 1 amide bonds. The van der Waals surface area contributed by atoms with Crippen LogP contribution in [0.3, 0.4) is 0 Å². The van der Waals surface area contributed by atoms with Gasteiger partial charge in [0.05, 0.1) is 13.2 Å². The number of carbonyl (C=O) groups is 2. The standard InChI is InChI=1S/C17H17N3O4/c1-23-17(22)20-8-4-5-11(10-20)15(21)12(9-18)16-19-13-6-2-3-7-14(13)24-16/h2-3,6-7,11-12H,4-5,8,10H2,1H3. The molecule has 0 bridgehead atoms. The Morgan fingerprint density at radius 2 is 2.25 bits per heavy atom. The molecule has 0 aliphatic carbocycles. The minimum absolute atomic E-state index is 0.110. The van der Waals surface area contributed by atoms with Crippen LogP contribution >= 0.6 is 0 Å². The van der Waals surface area contributed by atoms with E-state index in [-0.39, 0.29) is 18.2 Å². The van der Waals surface area contributed by atoms with Crippen LogP contribution in [0.25, 0.3) is 11.1 Å². The number of ketones is 1. The van der Waals surface area contributed by atoms with E-state index in [2.05, 4.69) is 4.98 Å². The summed E-state index contributed by atoms with van der Waals surface area (Å²) in [6, 6.07) is 9.11. The van der Waals surface area contributed by atoms with Crippen molar-refractivity contribution in [3.8, 4) is 6.07 Å². The molecule has 2 unspecified atom stereocenters. The molecule has 24 heavy (non-hydrogen) atoms. The van der Waals surface area contributed by atoms with E-state index < -0.39 is 17.9 Å². The first-order chi connectivity index (χ1) is 11.6. The van der Waals surface area contributed by atoms with Crippen LogP contribution in [0.5, 0.6) is 0 Å². The minimum atomic E-state index is -1.07. The summed E-state index contributed by atoms with van der Waals surface area (Å²) in [6.45, 7) is 0.806. The predicted octanol–water partition coefficient (Wildman–Crippen LogP) is 2.48. The van der Waals surface area contributed by atoms with Gasteiger partial charge in [-0.15, -0.1) is 0 Å². The Hall–Kier alpha value is -2.88. The molecule has 124 valence electrons. The maximum absolute atomic E-state index is 12.8. The zero-order chi connectivity index (χ0) is 17.1. The molecule has 0 saturated carbocycles. The first-order valence-corrected chi connectivity index (χ1v) is 7.75. The molecule has 1 aliphatic rings. The number of likely N-dealkylation sites (tertiary alicyclic amines) is 1. The molecule has 1 aromatic carbocycles. The molecule has 2 aromatic rings. The number of ether oxygens (including phenoxy) is 1. The third-order valence-electron chi connectivity index (χ3n) is 4.23. The van der Waals surface area contributed by atoms with E-state index in [9.17, 15) is 14.9 Å². The lowest BCUT2D eigenvalue weighted by Gasteiger charge is -2.31. The van der Waals surface area contributed by atoms with Gasteiger partial charge in [-0.05, 0) is 25.0 Å². The number of hydrogen-bond acceptors (Lipinski definition) is 6. The Morgan fingerprint density at radius 3 is 2.96 bits per heavy atom. The molecule has 1 aliphatic heterocycles. The van der Waals surface area contributed by atoms with Crippen molar-refractivity contribution in [3.63, 3.8) is 0 Å². The molecular weight excluding hydrogens is 310 g/mol. The van der Waals surface area contributed by atoms with Crippen LogP contribution in [0.2, 0.25) is 0 Å². The highest BCUT2D eigenvalue weighted by atomic mass is 16.5. The lowest BCUT2D eigenvalue weighted by Crippen LogP contribution is -2.43. The largest absolute Gasteiger partial charge is 0.453 e. The van der Waals surface area contributed by atoms with E-state index >= 15 is 0 Å². The quantitative estimate of drug-likeness (QED) is 0.859. The van der Waals surface area contributed by atoms with Crippen molar-refractivity contribution in [2.75, 3.05) is 20.2 Å². The van der Waals surface area contributed by atoms with E-state index in [1.165, 1.54) is 12.0 Å². The Balaban J connectivity index is 1.81. The number of aromatic nitrogens is 1. The molecule has 0 spiro atoms. The highest BCUT2D eigenvalue weighted by molar-refractivity contribution is 5.90. The Kier molecular flexibility index (Phi) is 4.47. The highest BCUT2D eigenvalue weighted by Crippen LogP contribution is 2.28. The Labute approximate surface area is 138 Å². The second-order valence-electron chi connectivity index (χ2n) is 5.74. The van der Waals surface area contributed by atoms with Crippen molar-refractivity contribution in [1.82, 2.24) is 9.88 Å². The molecule has 1 aromatic heterocycles. The first kappa shape index (κ1) is 16.0. The molecule has 1 fully saturated rings. The normalized spacial score (nSPS) is 18.8. The van der Waals surface area contributed by atoms with Crippen molar-refractivity contribution in [2.45, 2.75) is 18.8 Å². The summed E-state index contributed by atoms with van der Waals surface area (Å²) >= 11 is 0. The Bertz CT molecular complexity index is 775.